The summed E-state index contributed by atoms with van der Waals surface area (Å²) in [6.45, 7) is 8.54. The Morgan fingerprint density at radius 1 is 1.02 bits per heavy atom. The van der Waals surface area contributed by atoms with Crippen molar-refractivity contribution in [3.8, 4) is 17.1 Å². The van der Waals surface area contributed by atoms with Crippen LogP contribution in [-0.4, -0.2) is 75.5 Å². The van der Waals surface area contributed by atoms with Gasteiger partial charge in [-0.3, -0.25) is 10.00 Å². The molecule has 4 aliphatic rings. The van der Waals surface area contributed by atoms with E-state index in [9.17, 15) is 0 Å². The number of aryl methyl sites for hydroxylation is 2. The molecule has 4 fully saturated rings. The van der Waals surface area contributed by atoms with E-state index in [2.05, 4.69) is 25.3 Å². The highest BCUT2D eigenvalue weighted by molar-refractivity contribution is 6.01. The zero-order valence-electron chi connectivity index (χ0n) is 23.3. The first-order valence-corrected chi connectivity index (χ1v) is 14.8. The molecule has 40 heavy (non-hydrogen) atoms. The van der Waals surface area contributed by atoms with E-state index in [4.69, 9.17) is 14.7 Å². The predicted octanol–water partition coefficient (Wildman–Crippen LogP) is 4.88. The maximum Gasteiger partial charge on any atom is 0.319 e. The number of aromatic nitrogens is 4. The normalized spacial score (nSPS) is 23.9. The van der Waals surface area contributed by atoms with Gasteiger partial charge < -0.3 is 15.0 Å². The summed E-state index contributed by atoms with van der Waals surface area (Å²) in [6.07, 6.45) is 7.01. The van der Waals surface area contributed by atoms with Gasteiger partial charge in [0.1, 0.15) is 17.9 Å². The van der Waals surface area contributed by atoms with Crippen LogP contribution in [0, 0.1) is 19.7 Å². The summed E-state index contributed by atoms with van der Waals surface area (Å²) in [7, 11) is 0. The molecule has 2 N–H and O–H groups in total. The van der Waals surface area contributed by atoms with Crippen LogP contribution in [0.5, 0.6) is 6.01 Å². The molecule has 0 aliphatic carbocycles. The molecule has 2 aromatic heterocycles. The van der Waals surface area contributed by atoms with E-state index < -0.39 is 0 Å². The fourth-order valence-electron chi connectivity index (χ4n) is 7.97. The van der Waals surface area contributed by atoms with Crippen molar-refractivity contribution in [3.05, 3.63) is 41.3 Å². The molecule has 0 radical (unpaired) electrons. The third kappa shape index (κ3) is 3.74. The first-order chi connectivity index (χ1) is 19.5. The van der Waals surface area contributed by atoms with Crippen molar-refractivity contribution in [1.29, 1.82) is 0 Å². The van der Waals surface area contributed by atoms with E-state index in [1.165, 1.54) is 12.8 Å². The van der Waals surface area contributed by atoms with Crippen LogP contribution in [0.25, 0.3) is 32.9 Å². The van der Waals surface area contributed by atoms with Gasteiger partial charge in [-0.15, -0.1) is 0 Å². The Morgan fingerprint density at radius 3 is 2.58 bits per heavy atom. The molecule has 0 amide bonds. The van der Waals surface area contributed by atoms with E-state index in [0.29, 0.717) is 29.8 Å². The van der Waals surface area contributed by atoms with Crippen LogP contribution in [0.2, 0.25) is 0 Å². The van der Waals surface area contributed by atoms with Crippen molar-refractivity contribution < 1.29 is 9.13 Å². The molecule has 2 aromatic carbocycles. The number of anilines is 1. The number of nitrogens with zero attached hydrogens (tertiary/aromatic N) is 5. The number of hydrogen-bond acceptors (Lipinski definition) is 7. The number of halogens is 1. The van der Waals surface area contributed by atoms with Crippen molar-refractivity contribution in [2.24, 2.45) is 0 Å². The number of piperazine rings is 1. The lowest BCUT2D eigenvalue weighted by Crippen LogP contribution is -2.51. The lowest BCUT2D eigenvalue weighted by atomic mass is 9.94. The van der Waals surface area contributed by atoms with Crippen molar-refractivity contribution in [2.45, 2.75) is 70.0 Å². The fraction of sp³-hybridized carbons (Fsp3) is 0.516. The minimum atomic E-state index is -0.332. The van der Waals surface area contributed by atoms with Crippen LogP contribution in [0.15, 0.2) is 24.3 Å². The number of fused-ring (bicyclic) bond motifs is 5. The molecule has 0 saturated carbocycles. The molecule has 208 valence electrons. The van der Waals surface area contributed by atoms with E-state index >= 15 is 4.39 Å². The van der Waals surface area contributed by atoms with Crippen LogP contribution >= 0.6 is 0 Å². The van der Waals surface area contributed by atoms with Gasteiger partial charge in [-0.05, 0) is 88.7 Å². The summed E-state index contributed by atoms with van der Waals surface area (Å²) >= 11 is 0. The van der Waals surface area contributed by atoms with Crippen molar-refractivity contribution in [3.63, 3.8) is 0 Å². The van der Waals surface area contributed by atoms with E-state index in [1.54, 1.807) is 0 Å². The lowest BCUT2D eigenvalue weighted by molar-refractivity contribution is 0.108. The Bertz CT molecular complexity index is 1610. The molecule has 6 heterocycles. The molecule has 8 nitrogen and oxygen atoms in total. The Balaban J connectivity index is 1.26. The SMILES string of the molecule is Cc1ccc2n[nH]c(C)c2c1-c1ccc2c(N3CC4CCC(C3)N4)nc(OCC34CCCN3CCC4)nc2c1F. The van der Waals surface area contributed by atoms with Gasteiger partial charge in [0.25, 0.3) is 0 Å². The lowest BCUT2D eigenvalue weighted by Gasteiger charge is -2.34. The number of aromatic amines is 1. The van der Waals surface area contributed by atoms with Crippen molar-refractivity contribution in [2.75, 3.05) is 37.7 Å². The Hall–Kier alpha value is -3.30. The zero-order chi connectivity index (χ0) is 27.0. The van der Waals surface area contributed by atoms with Gasteiger partial charge in [0.05, 0.1) is 11.1 Å². The van der Waals surface area contributed by atoms with Gasteiger partial charge >= 0.3 is 6.01 Å². The van der Waals surface area contributed by atoms with Gasteiger partial charge in [0.2, 0.25) is 0 Å². The quantitative estimate of drug-likeness (QED) is 0.373. The third-order valence-corrected chi connectivity index (χ3v) is 9.94. The van der Waals surface area contributed by atoms with Crippen LogP contribution in [-0.2, 0) is 0 Å². The van der Waals surface area contributed by atoms with Gasteiger partial charge in [-0.1, -0.05) is 12.1 Å². The van der Waals surface area contributed by atoms with E-state index in [0.717, 1.165) is 90.8 Å². The second-order valence-corrected chi connectivity index (χ2v) is 12.4. The summed E-state index contributed by atoms with van der Waals surface area (Å²) in [5.41, 5.74) is 4.55. The molecular weight excluding hydrogens is 505 g/mol. The zero-order valence-corrected chi connectivity index (χ0v) is 23.3. The average Bonchev–Trinajstić information content (AvgIpc) is 3.72. The van der Waals surface area contributed by atoms with Crippen LogP contribution < -0.4 is 15.0 Å². The Kier molecular flexibility index (Phi) is 5.58. The maximum absolute atomic E-state index is 16.7. The highest BCUT2D eigenvalue weighted by atomic mass is 19.1. The summed E-state index contributed by atoms with van der Waals surface area (Å²) in [5, 5.41) is 12.9. The Labute approximate surface area is 233 Å². The highest BCUT2D eigenvalue weighted by Crippen LogP contribution is 2.41. The molecule has 2 unspecified atom stereocenters. The highest BCUT2D eigenvalue weighted by Gasteiger charge is 2.45. The average molecular weight is 542 g/mol. The van der Waals surface area contributed by atoms with Crippen LogP contribution in [0.1, 0.15) is 49.8 Å². The number of ether oxygens (including phenoxy) is 1. The predicted molar refractivity (Wildman–Crippen MR) is 154 cm³/mol. The van der Waals surface area contributed by atoms with Gasteiger partial charge in [0, 0.05) is 47.2 Å². The molecular formula is C31H36FN7O. The van der Waals surface area contributed by atoms with Gasteiger partial charge in [0.15, 0.2) is 5.82 Å². The Morgan fingerprint density at radius 2 is 1.80 bits per heavy atom. The maximum atomic E-state index is 16.7. The van der Waals surface area contributed by atoms with Crippen LogP contribution in [0.4, 0.5) is 10.2 Å². The molecule has 4 aliphatic heterocycles. The van der Waals surface area contributed by atoms with Crippen LogP contribution in [0.3, 0.4) is 0 Å². The first-order valence-electron chi connectivity index (χ1n) is 14.8. The second-order valence-electron chi connectivity index (χ2n) is 12.4. The van der Waals surface area contributed by atoms with Crippen molar-refractivity contribution >= 4 is 27.6 Å². The molecule has 2 atom stereocenters. The number of benzene rings is 2. The summed E-state index contributed by atoms with van der Waals surface area (Å²) < 4.78 is 23.1. The number of rotatable bonds is 5. The van der Waals surface area contributed by atoms with Crippen molar-refractivity contribution in [1.82, 2.24) is 30.4 Å². The van der Waals surface area contributed by atoms with Gasteiger partial charge in [-0.25, -0.2) is 4.39 Å². The topological polar surface area (TPSA) is 82.2 Å². The summed E-state index contributed by atoms with van der Waals surface area (Å²) in [5.74, 6) is 0.451. The monoisotopic (exact) mass is 541 g/mol. The molecule has 2 bridgehead atoms. The molecule has 8 rings (SSSR count). The molecule has 0 spiro atoms. The standard InChI is InChI=1S/C31H36FN7O/c1-18-5-10-24-26(19(2)36-37-24)25(18)22-8-9-23-28(27(22)32)34-30(40-17-31-11-3-13-39(31)14-4-12-31)35-29(23)38-15-20-6-7-21(16-38)33-20/h5,8-10,20-21,33H,3-4,6-7,11-17H2,1-2H3,(H,36,37). The second kappa shape index (κ2) is 9.11. The fourth-order valence-corrected chi connectivity index (χ4v) is 7.97. The first kappa shape index (κ1) is 24.5. The molecule has 4 aromatic rings. The van der Waals surface area contributed by atoms with Gasteiger partial charge in [-0.2, -0.15) is 15.1 Å². The smallest absolute Gasteiger partial charge is 0.319 e. The molecule has 9 heteroatoms. The minimum absolute atomic E-state index is 0.0680. The third-order valence-electron chi connectivity index (χ3n) is 9.94. The summed E-state index contributed by atoms with van der Waals surface area (Å²) in [4.78, 5) is 14.6. The largest absolute Gasteiger partial charge is 0.461 e. The minimum Gasteiger partial charge on any atom is -0.461 e. The van der Waals surface area contributed by atoms with E-state index in [1.807, 2.05) is 38.1 Å². The van der Waals surface area contributed by atoms with E-state index in [-0.39, 0.29) is 17.4 Å². The molecule has 4 saturated heterocycles. The number of nitrogens with one attached hydrogen (secondary N) is 2. The number of H-pyrrole nitrogens is 1. The number of hydrogen-bond donors (Lipinski definition) is 2. The summed E-state index contributed by atoms with van der Waals surface area (Å²) in [6, 6.07) is 9.04.